The van der Waals surface area contributed by atoms with Crippen LogP contribution in [0.25, 0.3) is 0 Å². The third kappa shape index (κ3) is 2.96. The molecule has 1 aliphatic carbocycles. The maximum Gasteiger partial charge on any atom is 0.318 e. The fraction of sp³-hybridized carbons (Fsp3) is 0.812. The molecule has 0 unspecified atom stereocenters. The van der Waals surface area contributed by atoms with Crippen LogP contribution in [-0.4, -0.2) is 38.3 Å². The van der Waals surface area contributed by atoms with Crippen LogP contribution >= 0.6 is 0 Å². The Kier molecular flexibility index (Phi) is 3.87. The van der Waals surface area contributed by atoms with Gasteiger partial charge in [-0.05, 0) is 18.8 Å². The van der Waals surface area contributed by atoms with Gasteiger partial charge in [-0.3, -0.25) is 0 Å². The first kappa shape index (κ1) is 15.3. The van der Waals surface area contributed by atoms with E-state index >= 15 is 0 Å². The van der Waals surface area contributed by atoms with Crippen LogP contribution in [0.2, 0.25) is 0 Å². The second kappa shape index (κ2) is 5.56. The van der Waals surface area contributed by atoms with Gasteiger partial charge in [0.2, 0.25) is 0 Å². The first-order valence-electron chi connectivity index (χ1n) is 8.38. The third-order valence-electron chi connectivity index (χ3n) is 4.60. The zero-order valence-electron chi connectivity index (χ0n) is 14.1. The number of carbonyl (C=O) groups is 1. The average Bonchev–Trinajstić information content (AvgIpc) is 3.01. The number of aromatic nitrogens is 3. The Balaban J connectivity index is 1.60. The smallest absolute Gasteiger partial charge is 0.318 e. The van der Waals surface area contributed by atoms with Crippen molar-refractivity contribution in [2.75, 3.05) is 6.54 Å². The van der Waals surface area contributed by atoms with Gasteiger partial charge in [0.15, 0.2) is 5.82 Å². The van der Waals surface area contributed by atoms with Gasteiger partial charge in [-0.15, -0.1) is 10.2 Å². The molecule has 6 nitrogen and oxygen atoms in total. The summed E-state index contributed by atoms with van der Waals surface area (Å²) in [5.74, 6) is 2.59. The summed E-state index contributed by atoms with van der Waals surface area (Å²) < 4.78 is 2.17. The van der Waals surface area contributed by atoms with Crippen LogP contribution in [0.1, 0.15) is 58.6 Å². The van der Waals surface area contributed by atoms with Crippen LogP contribution in [-0.2, 0) is 18.5 Å². The van der Waals surface area contributed by atoms with Crippen molar-refractivity contribution in [2.24, 2.45) is 5.92 Å². The maximum absolute atomic E-state index is 12.4. The van der Waals surface area contributed by atoms with Crippen molar-refractivity contribution in [2.45, 2.75) is 71.5 Å². The van der Waals surface area contributed by atoms with E-state index in [0.717, 1.165) is 31.2 Å². The highest BCUT2D eigenvalue weighted by Crippen LogP contribution is 2.34. The second-order valence-electron chi connectivity index (χ2n) is 7.60. The molecule has 1 aromatic rings. The molecule has 2 amide bonds. The molecule has 1 aliphatic heterocycles. The van der Waals surface area contributed by atoms with E-state index in [1.165, 1.54) is 12.8 Å². The minimum absolute atomic E-state index is 0.0168. The summed E-state index contributed by atoms with van der Waals surface area (Å²) in [6, 6.07) is 0.438. The monoisotopic (exact) mass is 305 g/mol. The minimum atomic E-state index is -0.0168. The van der Waals surface area contributed by atoms with Crippen molar-refractivity contribution in [1.82, 2.24) is 25.0 Å². The van der Waals surface area contributed by atoms with Gasteiger partial charge in [-0.2, -0.15) is 0 Å². The molecule has 0 saturated heterocycles. The number of urea groups is 1. The molecule has 1 N–H and O–H groups in total. The highest BCUT2D eigenvalue weighted by atomic mass is 16.2. The van der Waals surface area contributed by atoms with E-state index in [4.69, 9.17) is 0 Å². The average molecular weight is 305 g/mol. The van der Waals surface area contributed by atoms with Crippen molar-refractivity contribution in [3.05, 3.63) is 11.6 Å². The lowest BCUT2D eigenvalue weighted by Crippen LogP contribution is -2.45. The molecule has 1 saturated carbocycles. The van der Waals surface area contributed by atoms with Crippen LogP contribution < -0.4 is 5.32 Å². The Morgan fingerprint density at radius 1 is 1.32 bits per heavy atom. The topological polar surface area (TPSA) is 63.1 Å². The van der Waals surface area contributed by atoms with Crippen molar-refractivity contribution < 1.29 is 4.79 Å². The molecule has 0 spiro atoms. The molecule has 3 rings (SSSR count). The molecule has 0 radical (unpaired) electrons. The normalized spacial score (nSPS) is 24.1. The van der Waals surface area contributed by atoms with Crippen LogP contribution in [0.15, 0.2) is 0 Å². The minimum Gasteiger partial charge on any atom is -0.335 e. The van der Waals surface area contributed by atoms with Crippen molar-refractivity contribution in [1.29, 1.82) is 0 Å². The van der Waals surface area contributed by atoms with Crippen LogP contribution in [0.3, 0.4) is 0 Å². The number of amides is 2. The van der Waals surface area contributed by atoms with E-state index in [0.29, 0.717) is 18.5 Å². The number of nitrogens with one attached hydrogen (secondary N) is 1. The maximum atomic E-state index is 12.4. The summed E-state index contributed by atoms with van der Waals surface area (Å²) in [5, 5.41) is 11.8. The lowest BCUT2D eigenvalue weighted by Gasteiger charge is -2.29. The first-order chi connectivity index (χ1) is 10.4. The largest absolute Gasteiger partial charge is 0.335 e. The fourth-order valence-corrected chi connectivity index (χ4v) is 3.25. The Morgan fingerprint density at radius 2 is 2.09 bits per heavy atom. The van der Waals surface area contributed by atoms with Gasteiger partial charge in [0, 0.05) is 24.5 Å². The molecule has 0 bridgehead atoms. The Labute approximate surface area is 132 Å². The predicted octanol–water partition coefficient (Wildman–Crippen LogP) is 2.29. The molecule has 2 atom stereocenters. The summed E-state index contributed by atoms with van der Waals surface area (Å²) in [6.07, 6.45) is 3.55. The standard InChI is InChI=1S/C16H27N5O/c1-5-6-11-9-12(11)17-15(22)20-7-8-21-13(10-20)18-19-14(21)16(2,3)4/h11-12H,5-10H2,1-4H3,(H,17,22)/t11-,12-/m1/s1. The lowest BCUT2D eigenvalue weighted by molar-refractivity contribution is 0.180. The van der Waals surface area contributed by atoms with Crippen LogP contribution in [0.4, 0.5) is 4.79 Å². The van der Waals surface area contributed by atoms with E-state index in [2.05, 4.69) is 47.8 Å². The molecule has 22 heavy (non-hydrogen) atoms. The molecular weight excluding hydrogens is 278 g/mol. The van der Waals surface area contributed by atoms with E-state index in [9.17, 15) is 4.79 Å². The number of hydrogen-bond acceptors (Lipinski definition) is 3. The van der Waals surface area contributed by atoms with Gasteiger partial charge >= 0.3 is 6.03 Å². The van der Waals surface area contributed by atoms with Gasteiger partial charge in [0.1, 0.15) is 5.82 Å². The molecule has 122 valence electrons. The van der Waals surface area contributed by atoms with Crippen molar-refractivity contribution >= 4 is 6.03 Å². The molecule has 0 aromatic carbocycles. The van der Waals surface area contributed by atoms with Gasteiger partial charge in [0.25, 0.3) is 0 Å². The van der Waals surface area contributed by atoms with Crippen molar-refractivity contribution in [3.63, 3.8) is 0 Å². The zero-order chi connectivity index (χ0) is 15.9. The Bertz CT molecular complexity index is 559. The SMILES string of the molecule is CCC[C@@H]1C[C@H]1NC(=O)N1CCn2c(nnc2C(C)(C)C)C1. The van der Waals surface area contributed by atoms with Crippen molar-refractivity contribution in [3.8, 4) is 0 Å². The molecule has 6 heteroatoms. The zero-order valence-corrected chi connectivity index (χ0v) is 14.1. The lowest BCUT2D eigenvalue weighted by atomic mass is 9.95. The predicted molar refractivity (Wildman–Crippen MR) is 84.5 cm³/mol. The van der Waals surface area contributed by atoms with E-state index in [1.807, 2.05) is 4.90 Å². The highest BCUT2D eigenvalue weighted by molar-refractivity contribution is 5.75. The van der Waals surface area contributed by atoms with E-state index < -0.39 is 0 Å². The number of hydrogen-bond donors (Lipinski definition) is 1. The third-order valence-corrected chi connectivity index (χ3v) is 4.60. The summed E-state index contributed by atoms with van der Waals surface area (Å²) in [4.78, 5) is 14.2. The Morgan fingerprint density at radius 3 is 2.77 bits per heavy atom. The van der Waals surface area contributed by atoms with Gasteiger partial charge in [-0.1, -0.05) is 34.1 Å². The summed E-state index contributed by atoms with van der Waals surface area (Å²) >= 11 is 0. The quantitative estimate of drug-likeness (QED) is 0.932. The molecule has 2 heterocycles. The number of nitrogens with zero attached hydrogens (tertiary/aromatic N) is 4. The molecule has 1 aromatic heterocycles. The van der Waals surface area contributed by atoms with Crippen LogP contribution in [0, 0.1) is 5.92 Å². The van der Waals surface area contributed by atoms with Gasteiger partial charge in [0.05, 0.1) is 6.54 Å². The number of carbonyl (C=O) groups excluding carboxylic acids is 1. The number of fused-ring (bicyclic) bond motifs is 1. The molecule has 2 aliphatic rings. The van der Waals surface area contributed by atoms with E-state index in [1.54, 1.807) is 0 Å². The summed E-state index contributed by atoms with van der Waals surface area (Å²) in [7, 11) is 0. The first-order valence-corrected chi connectivity index (χ1v) is 8.38. The van der Waals surface area contributed by atoms with Gasteiger partial charge < -0.3 is 14.8 Å². The van der Waals surface area contributed by atoms with Gasteiger partial charge in [-0.25, -0.2) is 4.79 Å². The molecular formula is C16H27N5O. The summed E-state index contributed by atoms with van der Waals surface area (Å²) in [5.41, 5.74) is -0.0168. The second-order valence-corrected chi connectivity index (χ2v) is 7.60. The summed E-state index contributed by atoms with van der Waals surface area (Å²) in [6.45, 7) is 10.7. The molecule has 1 fully saturated rings. The highest BCUT2D eigenvalue weighted by Gasteiger charge is 2.38. The fourth-order valence-electron chi connectivity index (χ4n) is 3.25. The van der Waals surface area contributed by atoms with E-state index in [-0.39, 0.29) is 11.4 Å². The van der Waals surface area contributed by atoms with Crippen LogP contribution in [0.5, 0.6) is 0 Å². The Hall–Kier alpha value is -1.59. The number of rotatable bonds is 3.